The molecule has 0 spiro atoms. The van der Waals surface area contributed by atoms with E-state index in [4.69, 9.17) is 9.47 Å². The lowest BCUT2D eigenvalue weighted by molar-refractivity contribution is -0.163. The van der Waals surface area contributed by atoms with E-state index in [2.05, 4.69) is 13.8 Å². The van der Waals surface area contributed by atoms with E-state index >= 15 is 0 Å². The first-order chi connectivity index (χ1) is 13.7. The third-order valence-corrected chi connectivity index (χ3v) is 9.84. The third kappa shape index (κ3) is 3.43. The van der Waals surface area contributed by atoms with Crippen LogP contribution in [0.25, 0.3) is 0 Å². The van der Waals surface area contributed by atoms with Gasteiger partial charge in [-0.05, 0) is 86.4 Å². The molecule has 9 atom stereocenters. The number of hydrogen-bond donors (Lipinski definition) is 0. The Labute approximate surface area is 176 Å². The lowest BCUT2D eigenvalue weighted by Gasteiger charge is -2.60. The summed E-state index contributed by atoms with van der Waals surface area (Å²) in [4.78, 5) is 23.6. The molecule has 4 aliphatic rings. The molecule has 4 rings (SSSR count). The van der Waals surface area contributed by atoms with Gasteiger partial charge in [-0.3, -0.25) is 9.59 Å². The third-order valence-electron chi connectivity index (χ3n) is 9.84. The summed E-state index contributed by atoms with van der Waals surface area (Å²) in [5.41, 5.74) is 0.576. The smallest absolute Gasteiger partial charge is 0.302 e. The van der Waals surface area contributed by atoms with Gasteiger partial charge < -0.3 is 9.47 Å². The van der Waals surface area contributed by atoms with Crippen molar-refractivity contribution in [1.29, 1.82) is 0 Å². The molecule has 29 heavy (non-hydrogen) atoms. The van der Waals surface area contributed by atoms with E-state index in [-0.39, 0.29) is 35.5 Å². The van der Waals surface area contributed by atoms with Crippen LogP contribution in [0.3, 0.4) is 0 Å². The highest BCUT2D eigenvalue weighted by Crippen LogP contribution is 2.68. The molecule has 4 nitrogen and oxygen atoms in total. The summed E-state index contributed by atoms with van der Waals surface area (Å²) in [6.45, 7) is 9.98. The number of esters is 2. The summed E-state index contributed by atoms with van der Waals surface area (Å²) < 4.78 is 11.5. The van der Waals surface area contributed by atoms with Crippen LogP contribution in [-0.2, 0) is 19.1 Å². The zero-order valence-electron chi connectivity index (χ0n) is 19.0. The zero-order chi connectivity index (χ0) is 21.0. The molecule has 0 saturated heterocycles. The van der Waals surface area contributed by atoms with Crippen LogP contribution >= 0.6 is 0 Å². The Balaban J connectivity index is 1.64. The minimum absolute atomic E-state index is 0.0774. The van der Waals surface area contributed by atoms with Crippen LogP contribution in [0.1, 0.15) is 92.4 Å². The van der Waals surface area contributed by atoms with Crippen LogP contribution < -0.4 is 0 Å². The second kappa shape index (κ2) is 7.57. The first-order valence-electron chi connectivity index (χ1n) is 12.0. The molecule has 0 aromatic rings. The van der Waals surface area contributed by atoms with Gasteiger partial charge in [-0.1, -0.05) is 26.7 Å². The van der Waals surface area contributed by atoms with Crippen LogP contribution in [0, 0.1) is 40.4 Å². The predicted molar refractivity (Wildman–Crippen MR) is 112 cm³/mol. The fourth-order valence-electron chi connectivity index (χ4n) is 8.83. The van der Waals surface area contributed by atoms with Crippen LogP contribution in [-0.4, -0.2) is 24.1 Å². The molecule has 164 valence electrons. The minimum atomic E-state index is -0.241. The molecule has 4 aliphatic carbocycles. The van der Waals surface area contributed by atoms with E-state index < -0.39 is 0 Å². The van der Waals surface area contributed by atoms with Gasteiger partial charge in [0.1, 0.15) is 12.2 Å². The Bertz CT molecular complexity index is 659. The Morgan fingerprint density at radius 1 is 0.897 bits per heavy atom. The molecular weight excluding hydrogens is 364 g/mol. The Morgan fingerprint density at radius 2 is 1.66 bits per heavy atom. The van der Waals surface area contributed by atoms with Gasteiger partial charge in [-0.2, -0.15) is 0 Å². The number of fused-ring (bicyclic) bond motifs is 5. The van der Waals surface area contributed by atoms with Crippen molar-refractivity contribution in [3.05, 3.63) is 0 Å². The first kappa shape index (κ1) is 21.2. The molecule has 4 saturated carbocycles. The highest BCUT2D eigenvalue weighted by Gasteiger charge is 2.64. The lowest BCUT2D eigenvalue weighted by atomic mass is 9.45. The minimum Gasteiger partial charge on any atom is -0.462 e. The average molecular weight is 405 g/mol. The molecule has 4 heteroatoms. The molecule has 0 radical (unpaired) electrons. The first-order valence-corrected chi connectivity index (χ1v) is 12.0. The van der Waals surface area contributed by atoms with Crippen molar-refractivity contribution in [2.45, 2.75) is 105 Å². The summed E-state index contributed by atoms with van der Waals surface area (Å²) in [5, 5.41) is 0. The average Bonchev–Trinajstić information content (AvgIpc) is 2.91. The van der Waals surface area contributed by atoms with E-state index in [0.717, 1.165) is 30.6 Å². The van der Waals surface area contributed by atoms with Gasteiger partial charge in [0.25, 0.3) is 0 Å². The Hall–Kier alpha value is -1.06. The van der Waals surface area contributed by atoms with Crippen molar-refractivity contribution in [3.63, 3.8) is 0 Å². The predicted octanol–water partition coefficient (Wildman–Crippen LogP) is 5.53. The molecule has 0 aromatic carbocycles. The van der Waals surface area contributed by atoms with E-state index in [1.54, 1.807) is 0 Å². The highest BCUT2D eigenvalue weighted by molar-refractivity contribution is 5.67. The van der Waals surface area contributed by atoms with Crippen molar-refractivity contribution in [2.75, 3.05) is 0 Å². The van der Waals surface area contributed by atoms with Gasteiger partial charge in [0, 0.05) is 19.8 Å². The molecule has 0 bridgehead atoms. The van der Waals surface area contributed by atoms with Crippen LogP contribution in [0.2, 0.25) is 0 Å². The molecule has 0 aliphatic heterocycles. The molecule has 0 aromatic heterocycles. The van der Waals surface area contributed by atoms with E-state index in [1.165, 1.54) is 58.8 Å². The Kier molecular flexibility index (Phi) is 5.53. The van der Waals surface area contributed by atoms with Crippen molar-refractivity contribution in [2.24, 2.45) is 40.4 Å². The number of carbonyl (C=O) groups excluding carboxylic acids is 2. The second-order valence-electron chi connectivity index (χ2n) is 11.2. The van der Waals surface area contributed by atoms with Crippen molar-refractivity contribution in [3.8, 4) is 0 Å². The summed E-state index contributed by atoms with van der Waals surface area (Å²) in [6.07, 6.45) is 11.3. The van der Waals surface area contributed by atoms with Gasteiger partial charge >= 0.3 is 11.9 Å². The van der Waals surface area contributed by atoms with Crippen LogP contribution in [0.5, 0.6) is 0 Å². The maximum Gasteiger partial charge on any atom is 0.302 e. The van der Waals surface area contributed by atoms with Crippen molar-refractivity contribution >= 4 is 11.9 Å². The van der Waals surface area contributed by atoms with Gasteiger partial charge in [0.15, 0.2) is 0 Å². The molecule has 4 fully saturated rings. The van der Waals surface area contributed by atoms with Crippen molar-refractivity contribution in [1.82, 2.24) is 0 Å². The molecule has 0 heterocycles. The summed E-state index contributed by atoms with van der Waals surface area (Å²) in [6, 6.07) is 0. The topological polar surface area (TPSA) is 52.6 Å². The number of ether oxygens (including phenoxy) is 2. The number of rotatable bonds is 3. The molecule has 0 N–H and O–H groups in total. The SMILES string of the molecule is CC(=O)O[C@H](C)[C@@H]1[C@H](OC(C)=O)C[C@@H]2[C@@H]3CC[C@@H]4CCCC[C@]4(C)[C@H]3CC[C@]12C. The van der Waals surface area contributed by atoms with E-state index in [1.807, 2.05) is 6.92 Å². The number of hydrogen-bond acceptors (Lipinski definition) is 4. The lowest BCUT2D eigenvalue weighted by Crippen LogP contribution is -2.53. The summed E-state index contributed by atoms with van der Waals surface area (Å²) >= 11 is 0. The van der Waals surface area contributed by atoms with Crippen molar-refractivity contribution < 1.29 is 19.1 Å². The summed E-state index contributed by atoms with van der Waals surface area (Å²) in [7, 11) is 0. The zero-order valence-corrected chi connectivity index (χ0v) is 19.0. The molecule has 0 amide bonds. The van der Waals surface area contributed by atoms with Crippen LogP contribution in [0.15, 0.2) is 0 Å². The van der Waals surface area contributed by atoms with E-state index in [9.17, 15) is 9.59 Å². The van der Waals surface area contributed by atoms with Crippen LogP contribution in [0.4, 0.5) is 0 Å². The van der Waals surface area contributed by atoms with Gasteiger partial charge in [0.05, 0.1) is 0 Å². The molecular formula is C25H40O4. The maximum atomic E-state index is 11.9. The van der Waals surface area contributed by atoms with Gasteiger partial charge in [-0.25, -0.2) is 0 Å². The number of carbonyl (C=O) groups is 2. The fourth-order valence-corrected chi connectivity index (χ4v) is 8.83. The van der Waals surface area contributed by atoms with Gasteiger partial charge in [-0.15, -0.1) is 0 Å². The standard InChI is InChI=1S/C25H40O4/c1-15(28-16(2)26)23-22(29-17(3)27)14-21-19-10-9-18-8-6-7-12-24(18,4)20(19)11-13-25(21,23)5/h15,18-23H,6-14H2,1-5H3/t15-,18+,19-,20+,21-,22-,23-,24+,25+/m1/s1. The monoisotopic (exact) mass is 404 g/mol. The second-order valence-corrected chi connectivity index (χ2v) is 11.2. The van der Waals surface area contributed by atoms with Gasteiger partial charge in [0.2, 0.25) is 0 Å². The maximum absolute atomic E-state index is 11.9. The molecule has 0 unspecified atom stereocenters. The summed E-state index contributed by atoms with van der Waals surface area (Å²) in [5.74, 6) is 2.64. The Morgan fingerprint density at radius 3 is 2.34 bits per heavy atom. The highest BCUT2D eigenvalue weighted by atomic mass is 16.6. The fraction of sp³-hybridized carbons (Fsp3) is 0.920. The quantitative estimate of drug-likeness (QED) is 0.581. The van der Waals surface area contributed by atoms with E-state index in [0.29, 0.717) is 11.3 Å². The normalized spacial score (nSPS) is 47.3. The largest absolute Gasteiger partial charge is 0.462 e.